The zero-order chi connectivity index (χ0) is 24.6. The molecule has 1 saturated carbocycles. The van der Waals surface area contributed by atoms with Crippen molar-refractivity contribution in [1.82, 2.24) is 14.9 Å². The molecule has 8 heteroatoms. The fraction of sp³-hybridized carbons (Fsp3) is 0.538. The molecule has 2 N–H and O–H groups in total. The van der Waals surface area contributed by atoms with Crippen LogP contribution < -0.4 is 5.32 Å². The van der Waals surface area contributed by atoms with Crippen LogP contribution in [-0.2, 0) is 11.2 Å². The number of pyridine rings is 1. The molecule has 0 bridgehead atoms. The minimum Gasteiger partial charge on any atom is -0.392 e. The number of aromatic nitrogens is 2. The molecule has 182 valence electrons. The smallest absolute Gasteiger partial charge is 0.257 e. The predicted octanol–water partition coefficient (Wildman–Crippen LogP) is 4.12. The second kappa shape index (κ2) is 9.58. The molecule has 2 aliphatic carbocycles. The van der Waals surface area contributed by atoms with Gasteiger partial charge in [-0.3, -0.25) is 19.9 Å². The molecular formula is C26H34N4O3S. The summed E-state index contributed by atoms with van der Waals surface area (Å²) in [6.07, 6.45) is 6.90. The molecule has 2 aliphatic rings. The van der Waals surface area contributed by atoms with E-state index in [0.29, 0.717) is 17.2 Å². The summed E-state index contributed by atoms with van der Waals surface area (Å²) in [6.45, 7) is 10.5. The van der Waals surface area contributed by atoms with E-state index in [9.17, 15) is 14.7 Å². The van der Waals surface area contributed by atoms with E-state index in [1.165, 1.54) is 16.2 Å². The van der Waals surface area contributed by atoms with Gasteiger partial charge in [0, 0.05) is 48.3 Å². The summed E-state index contributed by atoms with van der Waals surface area (Å²) < 4.78 is 0. The molecule has 4 rings (SSSR count). The first kappa shape index (κ1) is 24.5. The Morgan fingerprint density at radius 3 is 2.79 bits per heavy atom. The summed E-state index contributed by atoms with van der Waals surface area (Å²) in [7, 11) is 1.78. The summed E-state index contributed by atoms with van der Waals surface area (Å²) >= 11 is 1.53. The van der Waals surface area contributed by atoms with Crippen LogP contribution in [0, 0.1) is 23.2 Å². The number of thiazole rings is 1. The highest BCUT2D eigenvalue weighted by atomic mass is 32.1. The van der Waals surface area contributed by atoms with Gasteiger partial charge < -0.3 is 10.0 Å². The van der Waals surface area contributed by atoms with Crippen molar-refractivity contribution in [3.8, 4) is 0 Å². The van der Waals surface area contributed by atoms with E-state index in [2.05, 4.69) is 30.7 Å². The molecule has 34 heavy (non-hydrogen) atoms. The van der Waals surface area contributed by atoms with Crippen LogP contribution in [0.2, 0.25) is 0 Å². The lowest BCUT2D eigenvalue weighted by Crippen LogP contribution is -2.53. The van der Waals surface area contributed by atoms with Crippen molar-refractivity contribution in [2.75, 3.05) is 18.9 Å². The summed E-state index contributed by atoms with van der Waals surface area (Å²) in [4.78, 5) is 37.1. The van der Waals surface area contributed by atoms with Gasteiger partial charge in [-0.1, -0.05) is 26.8 Å². The minimum atomic E-state index is -0.588. The van der Waals surface area contributed by atoms with E-state index in [1.54, 1.807) is 42.6 Å². The summed E-state index contributed by atoms with van der Waals surface area (Å²) in [5, 5.41) is 15.1. The number of anilines is 1. The number of carbonyl (C=O) groups excluding carboxylic acids is 2. The number of fused-ring (bicyclic) bond motifs is 2. The largest absolute Gasteiger partial charge is 0.392 e. The standard InChI is InChI=1S/C26H34N4O3S/c1-6-13-30(5)24(33)15(2)18-7-10-26(4)14-19-21(16(3)20(26)22(18)31)28-25(34-19)29-23(32)17-8-11-27-12-9-17/h6,8-9,11-12,15-16,18,20,22,31H,1,7,10,13-14H2,2-5H3,(H,28,29,32)/t15-,16+,18-,20+,22-,26+/m0/s1. The van der Waals surface area contributed by atoms with Gasteiger partial charge >= 0.3 is 0 Å². The second-order valence-electron chi connectivity index (χ2n) is 10.2. The van der Waals surface area contributed by atoms with Gasteiger partial charge in [0.25, 0.3) is 5.91 Å². The molecule has 1 fully saturated rings. The molecule has 0 spiro atoms. The van der Waals surface area contributed by atoms with Gasteiger partial charge in [0.15, 0.2) is 5.13 Å². The Hall–Kier alpha value is -2.58. The van der Waals surface area contributed by atoms with Gasteiger partial charge in [0.2, 0.25) is 5.91 Å². The SMILES string of the molecule is C=CCN(C)C(=O)[C@@H](C)[C@@H]1CC[C@]2(C)Cc3sc(NC(=O)c4ccncc4)nc3[C@H](C)[C@@H]2[C@H]1O. The molecule has 0 aliphatic heterocycles. The number of hydrogen-bond acceptors (Lipinski definition) is 6. The van der Waals surface area contributed by atoms with E-state index < -0.39 is 6.10 Å². The maximum absolute atomic E-state index is 12.9. The first-order valence-corrected chi connectivity index (χ1v) is 12.7. The van der Waals surface area contributed by atoms with Crippen LogP contribution in [0.1, 0.15) is 60.5 Å². The third-order valence-corrected chi connectivity index (χ3v) is 8.88. The van der Waals surface area contributed by atoms with Gasteiger partial charge in [-0.05, 0) is 48.6 Å². The van der Waals surface area contributed by atoms with Gasteiger partial charge in [-0.15, -0.1) is 17.9 Å². The van der Waals surface area contributed by atoms with Crippen LogP contribution in [0.15, 0.2) is 37.2 Å². The van der Waals surface area contributed by atoms with E-state index in [-0.39, 0.29) is 40.9 Å². The number of amides is 2. The molecule has 0 radical (unpaired) electrons. The highest BCUT2D eigenvalue weighted by Crippen LogP contribution is 2.57. The van der Waals surface area contributed by atoms with Crippen molar-refractivity contribution in [3.05, 3.63) is 53.3 Å². The number of hydrogen-bond donors (Lipinski definition) is 2. The lowest BCUT2D eigenvalue weighted by atomic mass is 9.53. The highest BCUT2D eigenvalue weighted by molar-refractivity contribution is 7.15. The molecule has 0 saturated heterocycles. The molecule has 2 aromatic rings. The van der Waals surface area contributed by atoms with Crippen molar-refractivity contribution in [1.29, 1.82) is 0 Å². The van der Waals surface area contributed by atoms with Crippen molar-refractivity contribution < 1.29 is 14.7 Å². The number of nitrogens with zero attached hydrogens (tertiary/aromatic N) is 3. The Kier molecular flexibility index (Phi) is 6.92. The number of rotatable bonds is 6. The Balaban J connectivity index is 1.55. The zero-order valence-corrected chi connectivity index (χ0v) is 21.1. The molecular weight excluding hydrogens is 448 g/mol. The van der Waals surface area contributed by atoms with E-state index in [4.69, 9.17) is 4.98 Å². The molecule has 2 amide bonds. The van der Waals surface area contributed by atoms with Crippen LogP contribution in [0.5, 0.6) is 0 Å². The van der Waals surface area contributed by atoms with Gasteiger partial charge in [-0.25, -0.2) is 4.98 Å². The number of aliphatic hydroxyl groups is 1. The van der Waals surface area contributed by atoms with Crippen LogP contribution in [0.4, 0.5) is 5.13 Å². The number of aliphatic hydroxyl groups excluding tert-OH is 1. The van der Waals surface area contributed by atoms with Crippen LogP contribution in [0.25, 0.3) is 0 Å². The molecule has 6 atom stereocenters. The topological polar surface area (TPSA) is 95.4 Å². The average Bonchev–Trinajstić information content (AvgIpc) is 3.20. The highest BCUT2D eigenvalue weighted by Gasteiger charge is 2.54. The van der Waals surface area contributed by atoms with Crippen molar-refractivity contribution in [2.24, 2.45) is 23.2 Å². The third kappa shape index (κ3) is 4.41. The Morgan fingerprint density at radius 1 is 1.41 bits per heavy atom. The van der Waals surface area contributed by atoms with Crippen LogP contribution >= 0.6 is 11.3 Å². The maximum atomic E-state index is 12.9. The minimum absolute atomic E-state index is 0.00422. The fourth-order valence-electron chi connectivity index (χ4n) is 6.09. The van der Waals surface area contributed by atoms with E-state index >= 15 is 0 Å². The Morgan fingerprint density at radius 2 is 2.12 bits per heavy atom. The first-order valence-electron chi connectivity index (χ1n) is 11.9. The summed E-state index contributed by atoms with van der Waals surface area (Å²) in [6, 6.07) is 3.35. The lowest BCUT2D eigenvalue weighted by Gasteiger charge is -2.53. The predicted molar refractivity (Wildman–Crippen MR) is 134 cm³/mol. The molecule has 2 heterocycles. The molecule has 7 nitrogen and oxygen atoms in total. The van der Waals surface area contributed by atoms with Crippen LogP contribution in [0.3, 0.4) is 0 Å². The average molecular weight is 483 g/mol. The van der Waals surface area contributed by atoms with Crippen molar-refractivity contribution in [2.45, 2.75) is 52.1 Å². The van der Waals surface area contributed by atoms with Crippen molar-refractivity contribution in [3.63, 3.8) is 0 Å². The monoisotopic (exact) mass is 482 g/mol. The first-order chi connectivity index (χ1) is 16.2. The summed E-state index contributed by atoms with van der Waals surface area (Å²) in [5.74, 6) is -0.477. The van der Waals surface area contributed by atoms with Crippen LogP contribution in [-0.4, -0.2) is 51.5 Å². The number of likely N-dealkylation sites (N-methyl/N-ethyl adjacent to an activating group) is 1. The second-order valence-corrected chi connectivity index (χ2v) is 11.2. The summed E-state index contributed by atoms with van der Waals surface area (Å²) in [5.41, 5.74) is 1.42. The van der Waals surface area contributed by atoms with Gasteiger partial charge in [0.1, 0.15) is 0 Å². The zero-order valence-electron chi connectivity index (χ0n) is 20.3. The van der Waals surface area contributed by atoms with E-state index in [1.807, 2.05) is 6.92 Å². The third-order valence-electron chi connectivity index (χ3n) is 7.90. The molecule has 0 aromatic carbocycles. The Labute approximate surface area is 205 Å². The normalized spacial score (nSPS) is 28.9. The molecule has 0 unspecified atom stereocenters. The van der Waals surface area contributed by atoms with Gasteiger partial charge in [0.05, 0.1) is 11.8 Å². The van der Waals surface area contributed by atoms with E-state index in [0.717, 1.165) is 25.0 Å². The maximum Gasteiger partial charge on any atom is 0.257 e. The fourth-order valence-corrected chi connectivity index (χ4v) is 7.35. The number of carbonyl (C=O) groups is 2. The van der Waals surface area contributed by atoms with Gasteiger partial charge in [-0.2, -0.15) is 0 Å². The van der Waals surface area contributed by atoms with Crippen molar-refractivity contribution >= 4 is 28.3 Å². The quantitative estimate of drug-likeness (QED) is 0.604. The Bertz CT molecular complexity index is 1070. The molecule has 2 aromatic heterocycles. The lowest BCUT2D eigenvalue weighted by molar-refractivity contribution is -0.143. The number of nitrogens with one attached hydrogen (secondary N) is 1.